The van der Waals surface area contributed by atoms with Gasteiger partial charge in [0.2, 0.25) is 0 Å². The Morgan fingerprint density at radius 3 is 2.88 bits per heavy atom. The van der Waals surface area contributed by atoms with Crippen LogP contribution in [0.5, 0.6) is 0 Å². The molecule has 1 rings (SSSR count). The highest BCUT2D eigenvalue weighted by atomic mass is 32.2. The first-order valence-electron chi connectivity index (χ1n) is 5.32. The lowest BCUT2D eigenvalue weighted by Gasteiger charge is -2.03. The number of aromatic nitrogens is 2. The first-order chi connectivity index (χ1) is 7.64. The van der Waals surface area contributed by atoms with Gasteiger partial charge in [-0.05, 0) is 25.1 Å². The SMILES string of the molecule is CCS(=O)(=O)CCCNCc1cccnn1. The summed E-state index contributed by atoms with van der Waals surface area (Å²) in [5.41, 5.74) is 0.862. The quantitative estimate of drug-likeness (QED) is 0.701. The normalized spacial score (nSPS) is 11.6. The Kier molecular flexibility index (Phi) is 5.34. The van der Waals surface area contributed by atoms with Crippen molar-refractivity contribution in [3.05, 3.63) is 24.0 Å². The summed E-state index contributed by atoms with van der Waals surface area (Å²) < 4.78 is 22.4. The largest absolute Gasteiger partial charge is 0.311 e. The van der Waals surface area contributed by atoms with Gasteiger partial charge in [-0.3, -0.25) is 0 Å². The van der Waals surface area contributed by atoms with Crippen LogP contribution in [0.3, 0.4) is 0 Å². The molecule has 0 unspecified atom stereocenters. The lowest BCUT2D eigenvalue weighted by Crippen LogP contribution is -2.19. The Balaban J connectivity index is 2.14. The lowest BCUT2D eigenvalue weighted by atomic mass is 10.4. The number of nitrogens with one attached hydrogen (secondary N) is 1. The van der Waals surface area contributed by atoms with Gasteiger partial charge in [0.15, 0.2) is 0 Å². The highest BCUT2D eigenvalue weighted by Crippen LogP contribution is 1.93. The van der Waals surface area contributed by atoms with E-state index in [2.05, 4.69) is 15.5 Å². The number of hydrogen-bond donors (Lipinski definition) is 1. The Hall–Kier alpha value is -1.01. The van der Waals surface area contributed by atoms with E-state index >= 15 is 0 Å². The highest BCUT2D eigenvalue weighted by molar-refractivity contribution is 7.91. The van der Waals surface area contributed by atoms with Crippen LogP contribution in [-0.4, -0.2) is 36.7 Å². The van der Waals surface area contributed by atoms with Crippen LogP contribution >= 0.6 is 0 Å². The zero-order chi connectivity index (χ0) is 11.9. The second-order valence-corrected chi connectivity index (χ2v) is 5.95. The Bertz CT molecular complexity index is 392. The fraction of sp³-hybridized carbons (Fsp3) is 0.600. The highest BCUT2D eigenvalue weighted by Gasteiger charge is 2.05. The van der Waals surface area contributed by atoms with E-state index < -0.39 is 9.84 Å². The van der Waals surface area contributed by atoms with E-state index in [4.69, 9.17) is 0 Å². The van der Waals surface area contributed by atoms with Gasteiger partial charge in [0.1, 0.15) is 9.84 Å². The summed E-state index contributed by atoms with van der Waals surface area (Å²) in [6, 6.07) is 3.70. The standard InChI is InChI=1S/C10H17N3O2S/c1-2-16(14,15)8-4-6-11-9-10-5-3-7-12-13-10/h3,5,7,11H,2,4,6,8-9H2,1H3. The number of hydrogen-bond acceptors (Lipinski definition) is 5. The van der Waals surface area contributed by atoms with Gasteiger partial charge in [-0.15, -0.1) is 0 Å². The van der Waals surface area contributed by atoms with E-state index in [1.54, 1.807) is 13.1 Å². The van der Waals surface area contributed by atoms with Crippen molar-refractivity contribution in [2.24, 2.45) is 0 Å². The summed E-state index contributed by atoms with van der Waals surface area (Å²) in [6.07, 6.45) is 2.26. The van der Waals surface area contributed by atoms with E-state index in [9.17, 15) is 8.42 Å². The van der Waals surface area contributed by atoms with Gasteiger partial charge in [0.25, 0.3) is 0 Å². The van der Waals surface area contributed by atoms with E-state index in [0.717, 1.165) is 5.69 Å². The molecule has 1 aromatic heterocycles. The van der Waals surface area contributed by atoms with Crippen LogP contribution < -0.4 is 5.32 Å². The molecule has 0 aromatic carbocycles. The van der Waals surface area contributed by atoms with Crippen LogP contribution in [0.2, 0.25) is 0 Å². The molecule has 0 aliphatic carbocycles. The van der Waals surface area contributed by atoms with Crippen molar-refractivity contribution in [3.63, 3.8) is 0 Å². The third-order valence-electron chi connectivity index (χ3n) is 2.18. The molecule has 0 aliphatic heterocycles. The maximum absolute atomic E-state index is 11.2. The van der Waals surface area contributed by atoms with Gasteiger partial charge < -0.3 is 5.32 Å². The van der Waals surface area contributed by atoms with E-state index in [1.165, 1.54) is 0 Å². The molecule has 0 radical (unpaired) electrons. The van der Waals surface area contributed by atoms with Gasteiger partial charge in [-0.2, -0.15) is 10.2 Å². The van der Waals surface area contributed by atoms with Crippen LogP contribution in [0.4, 0.5) is 0 Å². The van der Waals surface area contributed by atoms with Gasteiger partial charge in [0.05, 0.1) is 11.4 Å². The molecule has 1 heterocycles. The molecule has 0 aliphatic rings. The fourth-order valence-electron chi connectivity index (χ4n) is 1.21. The first kappa shape index (κ1) is 13.1. The van der Waals surface area contributed by atoms with Crippen LogP contribution in [0.15, 0.2) is 18.3 Å². The van der Waals surface area contributed by atoms with Crippen molar-refractivity contribution < 1.29 is 8.42 Å². The molecule has 0 fully saturated rings. The van der Waals surface area contributed by atoms with Crippen LogP contribution in [-0.2, 0) is 16.4 Å². The summed E-state index contributed by atoms with van der Waals surface area (Å²) in [4.78, 5) is 0. The predicted molar refractivity (Wildman–Crippen MR) is 62.7 cm³/mol. The molecule has 90 valence electrons. The summed E-state index contributed by atoms with van der Waals surface area (Å²) in [5.74, 6) is 0.466. The molecule has 1 N–H and O–H groups in total. The van der Waals surface area contributed by atoms with Crippen molar-refractivity contribution in [2.75, 3.05) is 18.1 Å². The lowest BCUT2D eigenvalue weighted by molar-refractivity contribution is 0.589. The minimum atomic E-state index is -2.83. The molecule has 16 heavy (non-hydrogen) atoms. The van der Waals surface area contributed by atoms with E-state index in [0.29, 0.717) is 19.5 Å². The average molecular weight is 243 g/mol. The van der Waals surface area contributed by atoms with Crippen molar-refractivity contribution in [2.45, 2.75) is 19.9 Å². The second-order valence-electron chi connectivity index (χ2n) is 3.48. The second kappa shape index (κ2) is 6.55. The maximum Gasteiger partial charge on any atom is 0.150 e. The molecular weight excluding hydrogens is 226 g/mol. The topological polar surface area (TPSA) is 72.0 Å². The number of sulfone groups is 1. The van der Waals surface area contributed by atoms with Crippen molar-refractivity contribution in [1.82, 2.24) is 15.5 Å². The van der Waals surface area contributed by atoms with Gasteiger partial charge in [-0.25, -0.2) is 8.42 Å². The number of nitrogens with zero attached hydrogens (tertiary/aromatic N) is 2. The summed E-state index contributed by atoms with van der Waals surface area (Å²) in [7, 11) is -2.83. The zero-order valence-electron chi connectivity index (χ0n) is 9.39. The third-order valence-corrected chi connectivity index (χ3v) is 3.97. The van der Waals surface area contributed by atoms with Gasteiger partial charge in [0, 0.05) is 18.5 Å². The zero-order valence-corrected chi connectivity index (χ0v) is 10.2. The summed E-state index contributed by atoms with van der Waals surface area (Å²) in [5, 5.41) is 10.8. The molecule has 6 heteroatoms. The molecular formula is C10H17N3O2S. The molecule has 0 amide bonds. The van der Waals surface area contributed by atoms with Crippen molar-refractivity contribution >= 4 is 9.84 Å². The first-order valence-corrected chi connectivity index (χ1v) is 7.14. The smallest absolute Gasteiger partial charge is 0.150 e. The maximum atomic E-state index is 11.2. The Morgan fingerprint density at radius 2 is 2.25 bits per heavy atom. The number of rotatable bonds is 7. The minimum absolute atomic E-state index is 0.219. The molecule has 0 spiro atoms. The molecule has 5 nitrogen and oxygen atoms in total. The Labute approximate surface area is 96.2 Å². The average Bonchev–Trinajstić information content (AvgIpc) is 2.30. The van der Waals surface area contributed by atoms with Gasteiger partial charge >= 0.3 is 0 Å². The van der Waals surface area contributed by atoms with Gasteiger partial charge in [-0.1, -0.05) is 6.92 Å². The summed E-state index contributed by atoms with van der Waals surface area (Å²) >= 11 is 0. The third kappa shape index (κ3) is 5.18. The molecule has 0 atom stereocenters. The molecule has 0 saturated carbocycles. The molecule has 0 saturated heterocycles. The van der Waals surface area contributed by atoms with Crippen LogP contribution in [0.25, 0.3) is 0 Å². The Morgan fingerprint density at radius 1 is 1.44 bits per heavy atom. The monoisotopic (exact) mass is 243 g/mol. The minimum Gasteiger partial charge on any atom is -0.311 e. The van der Waals surface area contributed by atoms with Crippen LogP contribution in [0, 0.1) is 0 Å². The predicted octanol–water partition coefficient (Wildman–Crippen LogP) is 0.391. The van der Waals surface area contributed by atoms with Crippen molar-refractivity contribution in [1.29, 1.82) is 0 Å². The molecule has 0 bridgehead atoms. The van der Waals surface area contributed by atoms with Crippen molar-refractivity contribution in [3.8, 4) is 0 Å². The fourth-order valence-corrected chi connectivity index (χ4v) is 2.08. The summed E-state index contributed by atoms with van der Waals surface area (Å²) in [6.45, 7) is 2.97. The van der Waals surface area contributed by atoms with E-state index in [1.807, 2.05) is 12.1 Å². The van der Waals surface area contributed by atoms with Crippen LogP contribution in [0.1, 0.15) is 19.0 Å². The van der Waals surface area contributed by atoms with E-state index in [-0.39, 0.29) is 11.5 Å². The molecule has 1 aromatic rings.